The van der Waals surface area contributed by atoms with Crippen molar-refractivity contribution in [3.8, 4) is 0 Å². The van der Waals surface area contributed by atoms with Crippen LogP contribution in [0.4, 0.5) is 19.3 Å². The zero-order chi connectivity index (χ0) is 21.9. The van der Waals surface area contributed by atoms with Gasteiger partial charge in [0.25, 0.3) is 5.91 Å². The summed E-state index contributed by atoms with van der Waals surface area (Å²) >= 11 is 0. The van der Waals surface area contributed by atoms with Gasteiger partial charge in [-0.1, -0.05) is 0 Å². The summed E-state index contributed by atoms with van der Waals surface area (Å²) in [5.74, 6) is -1.34. The number of amides is 2. The maximum Gasteiger partial charge on any atom is 0.410 e. The fraction of sp³-hybridized carbons (Fsp3) is 0.650. The normalized spacial score (nSPS) is 20.4. The molecule has 1 aromatic heterocycles. The Morgan fingerprint density at radius 1 is 1.20 bits per heavy atom. The van der Waals surface area contributed by atoms with E-state index in [-0.39, 0.29) is 23.4 Å². The molecule has 3 rings (SSSR count). The Labute approximate surface area is 175 Å². The largest absolute Gasteiger partial charge is 0.444 e. The van der Waals surface area contributed by atoms with Gasteiger partial charge >= 0.3 is 6.09 Å². The van der Waals surface area contributed by atoms with E-state index in [2.05, 4.69) is 10.4 Å². The zero-order valence-corrected chi connectivity index (χ0v) is 17.7. The van der Waals surface area contributed by atoms with Crippen LogP contribution in [0.25, 0.3) is 0 Å². The second-order valence-electron chi connectivity index (χ2n) is 8.66. The first-order valence-electron chi connectivity index (χ1n) is 10.2. The maximum atomic E-state index is 14.6. The van der Waals surface area contributed by atoms with Crippen LogP contribution in [0.1, 0.15) is 37.7 Å². The van der Waals surface area contributed by atoms with Crippen molar-refractivity contribution >= 4 is 17.7 Å². The Morgan fingerprint density at radius 2 is 1.90 bits per heavy atom. The molecule has 0 aromatic carbocycles. The summed E-state index contributed by atoms with van der Waals surface area (Å²) in [7, 11) is 0. The number of carbonyl (C=O) groups is 2. The minimum absolute atomic E-state index is 0.0349. The Balaban J connectivity index is 1.56. The molecular weight excluding hydrogens is 396 g/mol. The monoisotopic (exact) mass is 425 g/mol. The van der Waals surface area contributed by atoms with Gasteiger partial charge in [0, 0.05) is 45.2 Å². The summed E-state index contributed by atoms with van der Waals surface area (Å²) in [5, 5.41) is 1.63. The quantitative estimate of drug-likeness (QED) is 0.746. The van der Waals surface area contributed by atoms with Crippen LogP contribution >= 0.6 is 0 Å². The summed E-state index contributed by atoms with van der Waals surface area (Å²) in [6, 6.07) is 2.99. The van der Waals surface area contributed by atoms with Crippen molar-refractivity contribution in [2.24, 2.45) is 5.92 Å². The van der Waals surface area contributed by atoms with Gasteiger partial charge in [0.1, 0.15) is 11.3 Å². The molecule has 1 unspecified atom stereocenters. The summed E-state index contributed by atoms with van der Waals surface area (Å²) in [6.07, 6.45) is 0.289. The number of nitrogens with zero attached hydrogens (tertiary/aromatic N) is 4. The SMILES string of the molecule is CC(C)(C)OC(=O)N1CCN(c2ccc(C(=O)NN3CCC(CF)C3)nc2F)CC1. The van der Waals surface area contributed by atoms with Crippen LogP contribution in [0.5, 0.6) is 0 Å². The number of hydrazine groups is 1. The van der Waals surface area contributed by atoms with Crippen molar-refractivity contribution in [3.63, 3.8) is 0 Å². The van der Waals surface area contributed by atoms with Crippen molar-refractivity contribution in [2.75, 3.05) is 50.8 Å². The fourth-order valence-electron chi connectivity index (χ4n) is 3.51. The first-order valence-corrected chi connectivity index (χ1v) is 10.2. The van der Waals surface area contributed by atoms with Crippen LogP contribution in [0.15, 0.2) is 12.1 Å². The van der Waals surface area contributed by atoms with E-state index in [1.54, 1.807) is 14.8 Å². The number of ether oxygens (including phenoxy) is 1. The van der Waals surface area contributed by atoms with Crippen molar-refractivity contribution in [3.05, 3.63) is 23.8 Å². The van der Waals surface area contributed by atoms with Crippen LogP contribution in [0.2, 0.25) is 0 Å². The number of halogens is 2. The zero-order valence-electron chi connectivity index (χ0n) is 17.7. The van der Waals surface area contributed by atoms with E-state index < -0.39 is 24.1 Å². The molecule has 3 heterocycles. The van der Waals surface area contributed by atoms with Crippen LogP contribution in [-0.2, 0) is 4.74 Å². The van der Waals surface area contributed by atoms with E-state index in [4.69, 9.17) is 4.74 Å². The van der Waals surface area contributed by atoms with E-state index >= 15 is 0 Å². The molecule has 0 saturated carbocycles. The number of hydrogen-bond donors (Lipinski definition) is 1. The van der Waals surface area contributed by atoms with Crippen LogP contribution in [0.3, 0.4) is 0 Å². The molecule has 2 aliphatic heterocycles. The van der Waals surface area contributed by atoms with Gasteiger partial charge in [-0.3, -0.25) is 14.6 Å². The minimum Gasteiger partial charge on any atom is -0.444 e. The third kappa shape index (κ3) is 5.56. The first-order chi connectivity index (χ1) is 14.2. The van der Waals surface area contributed by atoms with Gasteiger partial charge in [0.15, 0.2) is 0 Å². The summed E-state index contributed by atoms with van der Waals surface area (Å²) < 4.78 is 32.7. The molecule has 2 aliphatic rings. The lowest BCUT2D eigenvalue weighted by atomic mass is 10.1. The van der Waals surface area contributed by atoms with Crippen molar-refractivity contribution in [1.82, 2.24) is 20.3 Å². The Kier molecular flexibility index (Phi) is 6.74. The van der Waals surface area contributed by atoms with Crippen LogP contribution in [0, 0.1) is 11.9 Å². The molecule has 1 atom stereocenters. The molecule has 166 valence electrons. The standard InChI is InChI=1S/C20H29F2N5O3/c1-20(2,3)30-19(29)26-10-8-25(9-11-26)16-5-4-15(23-17(16)22)18(28)24-27-7-6-14(12-21)13-27/h4-5,14H,6-13H2,1-3H3,(H,24,28). The Morgan fingerprint density at radius 3 is 2.47 bits per heavy atom. The molecular formula is C20H29F2N5O3. The van der Waals surface area contributed by atoms with Gasteiger partial charge in [-0.2, -0.15) is 4.39 Å². The number of piperazine rings is 1. The van der Waals surface area contributed by atoms with E-state index in [9.17, 15) is 18.4 Å². The minimum atomic E-state index is -0.739. The highest BCUT2D eigenvalue weighted by molar-refractivity contribution is 5.92. The molecule has 2 fully saturated rings. The van der Waals surface area contributed by atoms with Crippen LogP contribution in [-0.4, -0.2) is 78.4 Å². The smallest absolute Gasteiger partial charge is 0.410 e. The van der Waals surface area contributed by atoms with Crippen molar-refractivity contribution in [2.45, 2.75) is 32.8 Å². The van der Waals surface area contributed by atoms with Gasteiger partial charge in [-0.25, -0.2) is 14.8 Å². The van der Waals surface area contributed by atoms with Crippen molar-refractivity contribution in [1.29, 1.82) is 0 Å². The maximum absolute atomic E-state index is 14.6. The van der Waals surface area contributed by atoms with E-state index in [1.165, 1.54) is 12.1 Å². The van der Waals surface area contributed by atoms with E-state index in [0.29, 0.717) is 45.7 Å². The van der Waals surface area contributed by atoms with Gasteiger partial charge in [-0.15, -0.1) is 0 Å². The van der Waals surface area contributed by atoms with E-state index in [1.807, 2.05) is 20.8 Å². The molecule has 8 nitrogen and oxygen atoms in total. The topological polar surface area (TPSA) is 78.0 Å². The molecule has 0 spiro atoms. The third-order valence-electron chi connectivity index (χ3n) is 5.10. The fourth-order valence-corrected chi connectivity index (χ4v) is 3.51. The van der Waals surface area contributed by atoms with Crippen LogP contribution < -0.4 is 10.3 Å². The molecule has 1 aromatic rings. The van der Waals surface area contributed by atoms with E-state index in [0.717, 1.165) is 0 Å². The number of rotatable bonds is 4. The number of anilines is 1. The van der Waals surface area contributed by atoms with Gasteiger partial charge < -0.3 is 14.5 Å². The summed E-state index contributed by atoms with van der Waals surface area (Å²) in [4.78, 5) is 31.7. The first kappa shape index (κ1) is 22.2. The molecule has 1 N–H and O–H groups in total. The highest BCUT2D eigenvalue weighted by Crippen LogP contribution is 2.21. The number of aromatic nitrogens is 1. The lowest BCUT2D eigenvalue weighted by molar-refractivity contribution is 0.0240. The highest BCUT2D eigenvalue weighted by Gasteiger charge is 2.28. The molecule has 0 bridgehead atoms. The van der Waals surface area contributed by atoms with Gasteiger partial charge in [-0.05, 0) is 39.3 Å². The Bertz CT molecular complexity index is 778. The van der Waals surface area contributed by atoms with Gasteiger partial charge in [0.05, 0.1) is 12.4 Å². The molecule has 2 amide bonds. The average molecular weight is 425 g/mol. The number of nitrogens with one attached hydrogen (secondary N) is 1. The second-order valence-corrected chi connectivity index (χ2v) is 8.66. The van der Waals surface area contributed by atoms with Crippen molar-refractivity contribution < 1.29 is 23.1 Å². The lowest BCUT2D eigenvalue weighted by Gasteiger charge is -2.36. The second kappa shape index (κ2) is 9.11. The molecule has 10 heteroatoms. The number of alkyl halides is 1. The summed E-state index contributed by atoms with van der Waals surface area (Å²) in [6.45, 7) is 7.67. The number of pyridine rings is 1. The number of carbonyl (C=O) groups excluding carboxylic acids is 2. The molecule has 0 radical (unpaired) electrons. The average Bonchev–Trinajstić information content (AvgIpc) is 3.14. The summed E-state index contributed by atoms with van der Waals surface area (Å²) in [5.41, 5.74) is 2.33. The predicted molar refractivity (Wildman–Crippen MR) is 107 cm³/mol. The number of hydrogen-bond acceptors (Lipinski definition) is 6. The third-order valence-corrected chi connectivity index (χ3v) is 5.10. The Hall–Kier alpha value is -2.49. The lowest BCUT2D eigenvalue weighted by Crippen LogP contribution is -2.50. The molecule has 0 aliphatic carbocycles. The molecule has 2 saturated heterocycles. The van der Waals surface area contributed by atoms with Gasteiger partial charge in [0.2, 0.25) is 5.95 Å². The highest BCUT2D eigenvalue weighted by atomic mass is 19.1. The molecule has 30 heavy (non-hydrogen) atoms. The predicted octanol–water partition coefficient (Wildman–Crippen LogP) is 2.21.